The van der Waals surface area contributed by atoms with Gasteiger partial charge in [0.15, 0.2) is 0 Å². The molecule has 1 rings (SSSR count). The lowest BCUT2D eigenvalue weighted by atomic mass is 10.2. The van der Waals surface area contributed by atoms with Crippen LogP contribution in [0.25, 0.3) is 0 Å². The number of nitrogens with zero attached hydrogens (tertiary/aromatic N) is 1. The number of rotatable bonds is 4. The van der Waals surface area contributed by atoms with E-state index in [0.717, 1.165) is 17.6 Å². The number of likely N-dealkylation sites (N-methyl/N-ethyl adjacent to an activating group) is 1. The summed E-state index contributed by atoms with van der Waals surface area (Å²) in [6.45, 7) is 1.80. The highest BCUT2D eigenvalue weighted by molar-refractivity contribution is 6.55. The second-order valence-corrected chi connectivity index (χ2v) is 5.26. The van der Waals surface area contributed by atoms with Crippen LogP contribution in [0, 0.1) is 0 Å². The molecule has 0 bridgehead atoms. The van der Waals surface area contributed by atoms with Crippen molar-refractivity contribution >= 4 is 23.2 Å². The van der Waals surface area contributed by atoms with Gasteiger partial charge in [-0.15, -0.1) is 0 Å². The summed E-state index contributed by atoms with van der Waals surface area (Å²) < 4.78 is 1.18. The van der Waals surface area contributed by atoms with Crippen molar-refractivity contribution in [2.24, 2.45) is 0 Å². The van der Waals surface area contributed by atoms with Gasteiger partial charge < -0.3 is 16.9 Å². The predicted octanol–water partition coefficient (Wildman–Crippen LogP) is 0.586. The zero-order valence-corrected chi connectivity index (χ0v) is 11.7. The van der Waals surface area contributed by atoms with Crippen molar-refractivity contribution in [3.05, 3.63) is 46.5 Å². The lowest BCUT2D eigenvalue weighted by molar-refractivity contribution is -0.897. The molecule has 0 unspecified atom stereocenters. The molecule has 90 valence electrons. The van der Waals surface area contributed by atoms with Gasteiger partial charge in [-0.05, 0) is 0 Å². The molecule has 1 nitrogen and oxygen atoms in total. The topological polar surface area (TPSA) is 0 Å². The number of hydrogen-bond donors (Lipinski definition) is 0. The minimum atomic E-state index is 0. The molecule has 1 aromatic rings. The van der Waals surface area contributed by atoms with Gasteiger partial charge in [0, 0.05) is 11.6 Å². The minimum Gasteiger partial charge on any atom is -1.00 e. The first kappa shape index (κ1) is 15.8. The lowest BCUT2D eigenvalue weighted by Gasteiger charge is -2.28. The molecule has 0 heterocycles. The van der Waals surface area contributed by atoms with Crippen molar-refractivity contribution < 1.29 is 16.9 Å². The van der Waals surface area contributed by atoms with Gasteiger partial charge in [0.05, 0.1) is 20.6 Å². The molecule has 0 aliphatic rings. The normalized spacial score (nSPS) is 10.5. The van der Waals surface area contributed by atoms with E-state index in [9.17, 15) is 0 Å². The third-order valence-electron chi connectivity index (χ3n) is 2.19. The highest BCUT2D eigenvalue weighted by Gasteiger charge is 2.13. The molecule has 0 amide bonds. The summed E-state index contributed by atoms with van der Waals surface area (Å²) in [5.41, 5.74) is 1.32. The van der Waals surface area contributed by atoms with Crippen molar-refractivity contribution in [3.63, 3.8) is 0 Å². The monoisotopic (exact) mass is 279 g/mol. The SMILES string of the molecule is C[N+](C)(CC=C(Cl)Cl)Cc1ccccc1.[Cl-]. The van der Waals surface area contributed by atoms with E-state index in [2.05, 4.69) is 38.4 Å². The fourth-order valence-corrected chi connectivity index (χ4v) is 1.60. The third-order valence-corrected chi connectivity index (χ3v) is 2.50. The molecule has 0 saturated carbocycles. The van der Waals surface area contributed by atoms with Gasteiger partial charge in [-0.25, -0.2) is 0 Å². The minimum absolute atomic E-state index is 0. The van der Waals surface area contributed by atoms with E-state index in [1.54, 1.807) is 0 Å². The van der Waals surface area contributed by atoms with Crippen LogP contribution < -0.4 is 12.4 Å². The van der Waals surface area contributed by atoms with Crippen LogP contribution in [0.4, 0.5) is 0 Å². The number of hydrogen-bond acceptors (Lipinski definition) is 0. The average molecular weight is 281 g/mol. The maximum atomic E-state index is 5.60. The number of benzene rings is 1. The maximum Gasteiger partial charge on any atom is 0.108 e. The van der Waals surface area contributed by atoms with Crippen LogP contribution in [0.3, 0.4) is 0 Å². The Bertz CT molecular complexity index is 329. The van der Waals surface area contributed by atoms with Crippen molar-refractivity contribution in [1.29, 1.82) is 0 Å². The zero-order chi connectivity index (χ0) is 11.3. The molecule has 16 heavy (non-hydrogen) atoms. The molecule has 0 radical (unpaired) electrons. The highest BCUT2D eigenvalue weighted by atomic mass is 35.5. The number of halogens is 3. The van der Waals surface area contributed by atoms with E-state index in [4.69, 9.17) is 23.2 Å². The van der Waals surface area contributed by atoms with Gasteiger partial charge >= 0.3 is 0 Å². The van der Waals surface area contributed by atoms with E-state index >= 15 is 0 Å². The Kier molecular flexibility index (Phi) is 7.09. The molecule has 0 N–H and O–H groups in total. The summed E-state index contributed by atoms with van der Waals surface area (Å²) in [6.07, 6.45) is 1.84. The van der Waals surface area contributed by atoms with Crippen LogP contribution in [-0.2, 0) is 6.54 Å². The summed E-state index contributed by atoms with van der Waals surface area (Å²) >= 11 is 11.2. The predicted molar refractivity (Wildman–Crippen MR) is 66.9 cm³/mol. The quantitative estimate of drug-likeness (QED) is 0.708. The Morgan fingerprint density at radius 2 is 1.75 bits per heavy atom. The van der Waals surface area contributed by atoms with Crippen molar-refractivity contribution in [1.82, 2.24) is 0 Å². The summed E-state index contributed by atoms with van der Waals surface area (Å²) in [6, 6.07) is 10.4. The van der Waals surface area contributed by atoms with Gasteiger partial charge in [0.25, 0.3) is 0 Å². The van der Waals surface area contributed by atoms with Crippen LogP contribution in [0.1, 0.15) is 5.56 Å². The summed E-state index contributed by atoms with van der Waals surface area (Å²) in [4.78, 5) is 0. The first-order chi connectivity index (χ1) is 6.99. The lowest BCUT2D eigenvalue weighted by Crippen LogP contribution is -3.00. The number of quaternary nitrogens is 1. The van der Waals surface area contributed by atoms with Gasteiger partial charge in [-0.2, -0.15) is 0 Å². The molecule has 1 aromatic carbocycles. The van der Waals surface area contributed by atoms with E-state index in [1.807, 2.05) is 12.1 Å². The van der Waals surface area contributed by atoms with E-state index < -0.39 is 0 Å². The van der Waals surface area contributed by atoms with Gasteiger partial charge in [-0.3, -0.25) is 0 Å². The Balaban J connectivity index is 0.00000225. The van der Waals surface area contributed by atoms with Gasteiger partial charge in [0.2, 0.25) is 0 Å². The molecule has 0 aliphatic heterocycles. The van der Waals surface area contributed by atoms with Gasteiger partial charge in [0.1, 0.15) is 11.0 Å². The van der Waals surface area contributed by atoms with Crippen LogP contribution in [0.2, 0.25) is 0 Å². The first-order valence-electron chi connectivity index (χ1n) is 4.87. The smallest absolute Gasteiger partial charge is 0.108 e. The summed E-state index contributed by atoms with van der Waals surface area (Å²) in [5.74, 6) is 0. The summed E-state index contributed by atoms with van der Waals surface area (Å²) in [5, 5.41) is 0. The van der Waals surface area contributed by atoms with Crippen LogP contribution in [-0.4, -0.2) is 25.1 Å². The van der Waals surface area contributed by atoms with Crippen molar-refractivity contribution in [2.75, 3.05) is 20.6 Å². The van der Waals surface area contributed by atoms with E-state index in [0.29, 0.717) is 4.49 Å². The maximum absolute atomic E-state index is 5.60. The molecule has 0 saturated heterocycles. The molecule has 0 aliphatic carbocycles. The van der Waals surface area contributed by atoms with Crippen LogP contribution >= 0.6 is 23.2 Å². The molecule has 0 spiro atoms. The third kappa shape index (κ3) is 6.39. The zero-order valence-electron chi connectivity index (χ0n) is 9.46. The standard InChI is InChI=1S/C12H16Cl2N.ClH/c1-15(2,9-8-12(13)14)10-11-6-4-3-5-7-11;/h3-8H,9-10H2,1-2H3;1H/q+1;/p-1. The first-order valence-corrected chi connectivity index (χ1v) is 5.62. The van der Waals surface area contributed by atoms with Gasteiger partial charge in [-0.1, -0.05) is 53.5 Å². The summed E-state index contributed by atoms with van der Waals surface area (Å²) in [7, 11) is 4.31. The Hall–Kier alpha value is -0.210. The molecule has 4 heteroatoms. The Labute approximate surface area is 114 Å². The van der Waals surface area contributed by atoms with Crippen molar-refractivity contribution in [3.8, 4) is 0 Å². The fourth-order valence-electron chi connectivity index (χ4n) is 1.46. The molecule has 0 atom stereocenters. The van der Waals surface area contributed by atoms with E-state index in [1.165, 1.54) is 5.56 Å². The Morgan fingerprint density at radius 3 is 2.25 bits per heavy atom. The Morgan fingerprint density at radius 1 is 1.19 bits per heavy atom. The molecule has 0 aromatic heterocycles. The fraction of sp³-hybridized carbons (Fsp3) is 0.333. The largest absolute Gasteiger partial charge is 1.00 e. The van der Waals surface area contributed by atoms with Crippen LogP contribution in [0.15, 0.2) is 40.9 Å². The second-order valence-electron chi connectivity index (χ2n) is 4.26. The van der Waals surface area contributed by atoms with E-state index in [-0.39, 0.29) is 12.4 Å². The average Bonchev–Trinajstić information content (AvgIpc) is 2.16. The molecular formula is C12H16Cl3N. The van der Waals surface area contributed by atoms with Crippen LogP contribution in [0.5, 0.6) is 0 Å². The molecule has 0 fully saturated rings. The highest BCUT2D eigenvalue weighted by Crippen LogP contribution is 2.12. The molecular weight excluding hydrogens is 264 g/mol. The van der Waals surface area contributed by atoms with Crippen molar-refractivity contribution in [2.45, 2.75) is 6.54 Å². The second kappa shape index (κ2) is 7.18.